The van der Waals surface area contributed by atoms with Gasteiger partial charge in [0, 0.05) is 99.4 Å². The molecule has 0 aromatic heterocycles. The van der Waals surface area contributed by atoms with Gasteiger partial charge in [0.25, 0.3) is 5.91 Å². The minimum absolute atomic E-state index is 0.0108. The average molecular weight is 650 g/mol. The van der Waals surface area contributed by atoms with E-state index in [9.17, 15) is 22.8 Å². The van der Waals surface area contributed by atoms with Crippen LogP contribution in [0, 0.1) is 0 Å². The average Bonchev–Trinajstić information content (AvgIpc) is 3.25. The third kappa shape index (κ3) is 5.87. The lowest BCUT2D eigenvalue weighted by Gasteiger charge is -2.46. The summed E-state index contributed by atoms with van der Waals surface area (Å²) in [6, 6.07) is 18.0. The van der Waals surface area contributed by atoms with E-state index >= 15 is 0 Å². The highest BCUT2D eigenvalue weighted by Gasteiger charge is 2.59. The number of aliphatic carboxylic acids is 1. The standard InChI is InChI=1S/C33H39N5O7S/c1-21(9-8-12-31(40)41)34-30(39)17-18-37(46(43)44)38-32(42)24-10-6-7-11-25(24)33(38)26-15-13-22(35(2)3)19-28(26)45-29-20-23(36(4)5)14-16-27(29)33/h6-7,10-11,13-16,19-21,46H,8-9,12,17-18H2,1-5H3,(H,34,39)(H,40,41). The van der Waals surface area contributed by atoms with E-state index in [2.05, 4.69) is 5.32 Å². The van der Waals surface area contributed by atoms with E-state index < -0.39 is 34.2 Å². The number of hydrazine groups is 1. The summed E-state index contributed by atoms with van der Waals surface area (Å²) in [5, 5.41) is 13.0. The van der Waals surface area contributed by atoms with Gasteiger partial charge in [0.1, 0.15) is 17.0 Å². The van der Waals surface area contributed by atoms with Crippen molar-refractivity contribution in [1.29, 1.82) is 0 Å². The van der Waals surface area contributed by atoms with Gasteiger partial charge in [-0.25, -0.2) is 13.4 Å². The van der Waals surface area contributed by atoms with Crippen LogP contribution in [0.25, 0.3) is 0 Å². The highest BCUT2D eigenvalue weighted by molar-refractivity contribution is 7.69. The highest BCUT2D eigenvalue weighted by Crippen LogP contribution is 2.58. The van der Waals surface area contributed by atoms with Crippen LogP contribution in [0.4, 0.5) is 11.4 Å². The van der Waals surface area contributed by atoms with Crippen molar-refractivity contribution >= 4 is 40.0 Å². The van der Waals surface area contributed by atoms with Crippen molar-refractivity contribution < 1.29 is 32.6 Å². The Balaban J connectivity index is 1.62. The van der Waals surface area contributed by atoms with Crippen molar-refractivity contribution in [3.8, 4) is 11.5 Å². The van der Waals surface area contributed by atoms with Gasteiger partial charge in [-0.2, -0.15) is 0 Å². The van der Waals surface area contributed by atoms with Gasteiger partial charge < -0.3 is 25.0 Å². The first kappa shape index (κ1) is 32.8. The Kier molecular flexibility index (Phi) is 9.27. The van der Waals surface area contributed by atoms with E-state index in [0.717, 1.165) is 15.8 Å². The van der Waals surface area contributed by atoms with Crippen LogP contribution in [0.5, 0.6) is 11.5 Å². The number of anilines is 2. The molecule has 1 unspecified atom stereocenters. The van der Waals surface area contributed by atoms with E-state index in [1.807, 2.05) is 86.5 Å². The quantitative estimate of drug-likeness (QED) is 0.251. The Labute approximate surface area is 270 Å². The van der Waals surface area contributed by atoms with Crippen LogP contribution in [0.1, 0.15) is 59.7 Å². The largest absolute Gasteiger partial charge is 0.481 e. The van der Waals surface area contributed by atoms with E-state index in [4.69, 9.17) is 9.84 Å². The SMILES string of the molecule is CC(CCCC(=O)O)NC(=O)CCN(N1C(=O)c2ccccc2C12c1ccc(N(C)C)cc1Oc1cc(N(C)C)ccc12)[SH](=O)=O. The molecule has 2 amide bonds. The van der Waals surface area contributed by atoms with Crippen molar-refractivity contribution in [3.63, 3.8) is 0 Å². The summed E-state index contributed by atoms with van der Waals surface area (Å²) in [5.74, 6) is -0.909. The van der Waals surface area contributed by atoms with Crippen LogP contribution in [0.2, 0.25) is 0 Å². The van der Waals surface area contributed by atoms with Gasteiger partial charge in [0.2, 0.25) is 16.8 Å². The Bertz CT molecular complexity index is 1690. The van der Waals surface area contributed by atoms with Crippen LogP contribution in [-0.4, -0.2) is 81.5 Å². The number of thiol groups is 1. The molecule has 2 heterocycles. The first-order chi connectivity index (χ1) is 21.9. The maximum absolute atomic E-state index is 14.4. The molecule has 0 saturated heterocycles. The van der Waals surface area contributed by atoms with E-state index in [0.29, 0.717) is 46.6 Å². The minimum atomic E-state index is -3.40. The normalized spacial score (nSPS) is 14.8. The second-order valence-corrected chi connectivity index (χ2v) is 12.9. The number of nitrogens with one attached hydrogen (secondary N) is 1. The number of benzene rings is 3. The van der Waals surface area contributed by atoms with Crippen molar-refractivity contribution in [3.05, 3.63) is 82.9 Å². The fourth-order valence-corrected chi connectivity index (χ4v) is 6.83. The third-order valence-corrected chi connectivity index (χ3v) is 9.17. The van der Waals surface area contributed by atoms with Gasteiger partial charge in [-0.1, -0.05) is 30.3 Å². The first-order valence-electron chi connectivity index (χ1n) is 15.0. The lowest BCUT2D eigenvalue weighted by Crippen LogP contribution is -2.56. The summed E-state index contributed by atoms with van der Waals surface area (Å²) in [6.45, 7) is 1.46. The van der Waals surface area contributed by atoms with Crippen LogP contribution in [0.15, 0.2) is 60.7 Å². The molecule has 2 N–H and O–H groups in total. The summed E-state index contributed by atoms with van der Waals surface area (Å²) in [4.78, 5) is 42.1. The molecule has 2 aliphatic rings. The number of fused-ring (bicyclic) bond motifs is 6. The number of ether oxygens (including phenoxy) is 1. The molecule has 1 atom stereocenters. The molecule has 0 fully saturated rings. The van der Waals surface area contributed by atoms with E-state index in [1.54, 1.807) is 19.1 Å². The van der Waals surface area contributed by atoms with Gasteiger partial charge in [-0.15, -0.1) is 4.41 Å². The zero-order valence-corrected chi connectivity index (χ0v) is 27.4. The van der Waals surface area contributed by atoms with Gasteiger partial charge in [-0.3, -0.25) is 14.4 Å². The molecule has 1 spiro atoms. The van der Waals surface area contributed by atoms with Gasteiger partial charge in [0.15, 0.2) is 0 Å². The smallest absolute Gasteiger partial charge is 0.303 e. The maximum Gasteiger partial charge on any atom is 0.303 e. The summed E-state index contributed by atoms with van der Waals surface area (Å²) >= 11 is 0. The number of rotatable bonds is 12. The summed E-state index contributed by atoms with van der Waals surface area (Å²) in [7, 11) is 4.22. The molecule has 0 bridgehead atoms. The number of amides is 2. The van der Waals surface area contributed by atoms with Crippen molar-refractivity contribution in [2.75, 3.05) is 44.5 Å². The molecule has 46 heavy (non-hydrogen) atoms. The highest BCUT2D eigenvalue weighted by atomic mass is 32.2. The zero-order valence-electron chi connectivity index (χ0n) is 26.5. The molecule has 3 aromatic carbocycles. The zero-order chi connectivity index (χ0) is 33.3. The van der Waals surface area contributed by atoms with Crippen LogP contribution in [0.3, 0.4) is 0 Å². The van der Waals surface area contributed by atoms with E-state index in [1.165, 1.54) is 5.01 Å². The van der Waals surface area contributed by atoms with Crippen molar-refractivity contribution in [2.24, 2.45) is 0 Å². The predicted molar refractivity (Wildman–Crippen MR) is 175 cm³/mol. The van der Waals surface area contributed by atoms with Gasteiger partial charge >= 0.3 is 5.97 Å². The molecule has 5 rings (SSSR count). The molecule has 3 aromatic rings. The summed E-state index contributed by atoms with van der Waals surface area (Å²) in [6.07, 6.45) is 0.615. The number of carboxylic acid groups (broad SMARTS) is 1. The molecule has 0 saturated carbocycles. The second kappa shape index (κ2) is 13.0. The third-order valence-electron chi connectivity index (χ3n) is 8.41. The Morgan fingerprint density at radius 1 is 0.913 bits per heavy atom. The van der Waals surface area contributed by atoms with E-state index in [-0.39, 0.29) is 25.4 Å². The first-order valence-corrected chi connectivity index (χ1v) is 16.2. The monoisotopic (exact) mass is 649 g/mol. The molecular weight excluding hydrogens is 610 g/mol. The minimum Gasteiger partial charge on any atom is -0.481 e. The molecule has 12 nitrogen and oxygen atoms in total. The van der Waals surface area contributed by atoms with Crippen molar-refractivity contribution in [2.45, 2.75) is 44.2 Å². The van der Waals surface area contributed by atoms with Crippen LogP contribution >= 0.6 is 0 Å². The molecular formula is C33H39N5O7S. The number of hydrogen-bond acceptors (Lipinski definition) is 8. The molecule has 244 valence electrons. The van der Waals surface area contributed by atoms with Gasteiger partial charge in [0.05, 0.1) is 0 Å². The number of carbonyl (C=O) groups excluding carboxylic acids is 2. The molecule has 0 aliphatic carbocycles. The molecule has 0 radical (unpaired) electrons. The number of carbonyl (C=O) groups is 3. The lowest BCUT2D eigenvalue weighted by molar-refractivity contribution is -0.137. The van der Waals surface area contributed by atoms with Crippen LogP contribution in [-0.2, 0) is 26.0 Å². The predicted octanol–water partition coefficient (Wildman–Crippen LogP) is 3.57. The number of carboxylic acids is 1. The number of hydrogen-bond donors (Lipinski definition) is 3. The Hall–Kier alpha value is -4.62. The Morgan fingerprint density at radius 2 is 1.50 bits per heavy atom. The van der Waals surface area contributed by atoms with Crippen molar-refractivity contribution in [1.82, 2.24) is 14.7 Å². The van der Waals surface area contributed by atoms with Crippen LogP contribution < -0.4 is 19.9 Å². The van der Waals surface area contributed by atoms with Gasteiger partial charge in [-0.05, 0) is 38.0 Å². The fraction of sp³-hybridized carbons (Fsp3) is 0.364. The molecule has 13 heteroatoms. The summed E-state index contributed by atoms with van der Waals surface area (Å²) in [5.41, 5.74) is 2.38. The lowest BCUT2D eigenvalue weighted by atomic mass is 9.75. The maximum atomic E-state index is 14.4. The topological polar surface area (TPSA) is 140 Å². The molecule has 2 aliphatic heterocycles. The Morgan fingerprint density at radius 3 is 2.04 bits per heavy atom. The second-order valence-electron chi connectivity index (χ2n) is 12.0. The fourth-order valence-electron chi connectivity index (χ4n) is 6.21. The number of nitrogens with zero attached hydrogens (tertiary/aromatic N) is 4. The summed E-state index contributed by atoms with van der Waals surface area (Å²) < 4.78 is 33.7.